The number of rotatable bonds is 3. The summed E-state index contributed by atoms with van der Waals surface area (Å²) in [4.78, 5) is 11.9. The third kappa shape index (κ3) is 3.96. The second kappa shape index (κ2) is 7.60. The van der Waals surface area contributed by atoms with Gasteiger partial charge in [-0.05, 0) is 25.1 Å². The number of aromatic nitrogens is 3. The Morgan fingerprint density at radius 3 is 2.62 bits per heavy atom. The number of nitriles is 1. The molecule has 0 amide bonds. The summed E-state index contributed by atoms with van der Waals surface area (Å²) in [5.41, 5.74) is 4.86. The van der Waals surface area contributed by atoms with E-state index in [0.29, 0.717) is 17.0 Å². The van der Waals surface area contributed by atoms with E-state index in [2.05, 4.69) is 24.9 Å². The Balaban J connectivity index is 1.70. The zero-order valence-corrected chi connectivity index (χ0v) is 16.4. The van der Waals surface area contributed by atoms with Crippen molar-refractivity contribution in [2.45, 2.75) is 31.2 Å². The van der Waals surface area contributed by atoms with Crippen LogP contribution < -0.4 is 5.73 Å². The molecule has 8 nitrogen and oxygen atoms in total. The molecule has 0 radical (unpaired) electrons. The van der Waals surface area contributed by atoms with Crippen molar-refractivity contribution >= 4 is 6.02 Å². The minimum Gasteiger partial charge on any atom is -0.452 e. The predicted molar refractivity (Wildman–Crippen MR) is 102 cm³/mol. The molecule has 0 spiro atoms. The number of amidine groups is 1. The lowest BCUT2D eigenvalue weighted by molar-refractivity contribution is -0.208. The first-order chi connectivity index (χ1) is 15.1. The molecular weight excluding hydrogens is 432 g/mol. The van der Waals surface area contributed by atoms with Gasteiger partial charge in [0.25, 0.3) is 6.02 Å². The van der Waals surface area contributed by atoms with Gasteiger partial charge in [-0.2, -0.15) is 18.4 Å². The minimum absolute atomic E-state index is 0.105. The Kier molecular flexibility index (Phi) is 5.04. The first-order valence-corrected chi connectivity index (χ1v) is 9.17. The smallest absolute Gasteiger partial charge is 0.425 e. The van der Waals surface area contributed by atoms with E-state index >= 15 is 0 Å². The van der Waals surface area contributed by atoms with Crippen LogP contribution in [0, 0.1) is 17.1 Å². The summed E-state index contributed by atoms with van der Waals surface area (Å²) < 4.78 is 64.3. The van der Waals surface area contributed by atoms with E-state index in [1.54, 1.807) is 0 Å². The van der Waals surface area contributed by atoms with E-state index in [1.807, 2.05) is 6.07 Å². The Morgan fingerprint density at radius 1 is 1.19 bits per heavy atom. The molecule has 2 aromatic heterocycles. The minimum atomic E-state index is -4.70. The van der Waals surface area contributed by atoms with Crippen LogP contribution in [0.25, 0.3) is 22.7 Å². The van der Waals surface area contributed by atoms with E-state index in [4.69, 9.17) is 15.5 Å². The van der Waals surface area contributed by atoms with Crippen LogP contribution in [0.15, 0.2) is 46.2 Å². The van der Waals surface area contributed by atoms with Gasteiger partial charge in [0.15, 0.2) is 17.6 Å². The topological polar surface area (TPSA) is 123 Å². The monoisotopic (exact) mass is 446 g/mol. The summed E-state index contributed by atoms with van der Waals surface area (Å²) in [6.45, 7) is 1.35. The molecule has 3 aromatic rings. The summed E-state index contributed by atoms with van der Waals surface area (Å²) in [5.74, 6) is -0.541. The Bertz CT molecular complexity index is 1230. The fourth-order valence-electron chi connectivity index (χ4n) is 3.36. The van der Waals surface area contributed by atoms with Crippen molar-refractivity contribution < 1.29 is 26.8 Å². The molecule has 0 bridgehead atoms. The van der Waals surface area contributed by atoms with Crippen LogP contribution in [0.3, 0.4) is 0 Å². The van der Waals surface area contributed by atoms with E-state index in [1.165, 1.54) is 37.5 Å². The van der Waals surface area contributed by atoms with Gasteiger partial charge in [-0.25, -0.2) is 19.4 Å². The van der Waals surface area contributed by atoms with Crippen molar-refractivity contribution in [1.29, 1.82) is 5.26 Å². The molecule has 0 unspecified atom stereocenters. The van der Waals surface area contributed by atoms with Crippen molar-refractivity contribution in [2.75, 3.05) is 0 Å². The maximum Gasteiger partial charge on any atom is 0.425 e. The molecule has 0 saturated heterocycles. The molecule has 4 rings (SSSR count). The van der Waals surface area contributed by atoms with Crippen LogP contribution in [0.2, 0.25) is 0 Å². The lowest BCUT2D eigenvalue weighted by Crippen LogP contribution is -2.46. The van der Waals surface area contributed by atoms with E-state index in [-0.39, 0.29) is 17.0 Å². The van der Waals surface area contributed by atoms with E-state index in [0.717, 1.165) is 6.07 Å². The van der Waals surface area contributed by atoms with Gasteiger partial charge in [0.1, 0.15) is 23.3 Å². The zero-order chi connectivity index (χ0) is 23.1. The van der Waals surface area contributed by atoms with Gasteiger partial charge in [0.05, 0.1) is 17.9 Å². The second-order valence-electron chi connectivity index (χ2n) is 7.25. The first kappa shape index (κ1) is 21.2. The predicted octanol–water partition coefficient (Wildman–Crippen LogP) is 3.69. The lowest BCUT2D eigenvalue weighted by Gasteiger charge is -2.36. The van der Waals surface area contributed by atoms with Crippen LogP contribution in [-0.4, -0.2) is 33.4 Å². The number of nitrogens with two attached hydrogens (primary N) is 1. The molecule has 2 N–H and O–H groups in total. The Labute approximate surface area is 178 Å². The highest BCUT2D eigenvalue weighted by Crippen LogP contribution is 2.41. The largest absolute Gasteiger partial charge is 0.452 e. The molecule has 1 aromatic carbocycles. The molecule has 32 heavy (non-hydrogen) atoms. The van der Waals surface area contributed by atoms with Crippen LogP contribution in [0.1, 0.15) is 24.6 Å². The molecule has 0 aliphatic carbocycles. The number of hydrogen-bond donors (Lipinski definition) is 1. The average molecular weight is 446 g/mol. The van der Waals surface area contributed by atoms with Gasteiger partial charge in [0, 0.05) is 23.6 Å². The summed E-state index contributed by atoms with van der Waals surface area (Å²) in [6.07, 6.45) is -4.96. The molecule has 1 aliphatic heterocycles. The van der Waals surface area contributed by atoms with Gasteiger partial charge >= 0.3 is 6.18 Å². The highest BCUT2D eigenvalue weighted by Gasteiger charge is 2.50. The van der Waals surface area contributed by atoms with Gasteiger partial charge in [-0.1, -0.05) is 5.16 Å². The van der Waals surface area contributed by atoms with Crippen molar-refractivity contribution in [1.82, 2.24) is 15.1 Å². The van der Waals surface area contributed by atoms with Gasteiger partial charge in [0.2, 0.25) is 0 Å². The summed E-state index contributed by atoms with van der Waals surface area (Å²) in [5, 5.41) is 12.7. The molecule has 0 saturated carbocycles. The summed E-state index contributed by atoms with van der Waals surface area (Å²) in [6, 6.07) is 6.51. The molecule has 0 fully saturated rings. The zero-order valence-electron chi connectivity index (χ0n) is 16.4. The van der Waals surface area contributed by atoms with E-state index in [9.17, 15) is 17.6 Å². The lowest BCUT2D eigenvalue weighted by atomic mass is 9.84. The number of halogens is 4. The summed E-state index contributed by atoms with van der Waals surface area (Å²) >= 11 is 0. The SMILES string of the molecule is C[C@@]1(c2cc(-c3cc(-c4cnc(C#N)cn4)no3)ccc2F)C[C@@H](C(F)(F)F)OC(N)=N1. The number of alkyl halides is 3. The van der Waals surface area contributed by atoms with Gasteiger partial charge < -0.3 is 15.0 Å². The van der Waals surface area contributed by atoms with Crippen molar-refractivity contribution in [2.24, 2.45) is 10.7 Å². The second-order valence-corrected chi connectivity index (χ2v) is 7.25. The van der Waals surface area contributed by atoms with Crippen LogP contribution in [0.5, 0.6) is 0 Å². The highest BCUT2D eigenvalue weighted by atomic mass is 19.4. The number of benzene rings is 1. The summed E-state index contributed by atoms with van der Waals surface area (Å²) in [7, 11) is 0. The number of ether oxygens (including phenoxy) is 1. The molecule has 3 heterocycles. The third-order valence-electron chi connectivity index (χ3n) is 4.94. The molecular formula is C20H14F4N6O2. The van der Waals surface area contributed by atoms with Gasteiger partial charge in [-0.15, -0.1) is 0 Å². The average Bonchev–Trinajstić information content (AvgIpc) is 3.23. The van der Waals surface area contributed by atoms with Crippen molar-refractivity contribution in [3.05, 3.63) is 53.7 Å². The number of nitrogens with zero attached hydrogens (tertiary/aromatic N) is 5. The molecule has 12 heteroatoms. The van der Waals surface area contributed by atoms with E-state index < -0.39 is 36.1 Å². The Hall–Kier alpha value is -4.01. The molecule has 2 atom stereocenters. The molecule has 164 valence electrons. The quantitative estimate of drug-likeness (QED) is 0.609. The third-order valence-corrected chi connectivity index (χ3v) is 4.94. The van der Waals surface area contributed by atoms with Crippen LogP contribution in [0.4, 0.5) is 17.6 Å². The fourth-order valence-corrected chi connectivity index (χ4v) is 3.36. The molecule has 1 aliphatic rings. The van der Waals surface area contributed by atoms with Crippen molar-refractivity contribution in [3.8, 4) is 28.8 Å². The van der Waals surface area contributed by atoms with Crippen LogP contribution >= 0.6 is 0 Å². The normalized spacial score (nSPS) is 20.9. The fraction of sp³-hybridized carbons (Fsp3) is 0.250. The number of aliphatic imine (C=N–C) groups is 1. The van der Waals surface area contributed by atoms with Crippen molar-refractivity contribution in [3.63, 3.8) is 0 Å². The van der Waals surface area contributed by atoms with Crippen LogP contribution in [-0.2, 0) is 10.3 Å². The maximum atomic E-state index is 14.7. The number of hydrogen-bond acceptors (Lipinski definition) is 8. The first-order valence-electron chi connectivity index (χ1n) is 9.17. The maximum absolute atomic E-state index is 14.7. The van der Waals surface area contributed by atoms with Gasteiger partial charge in [-0.3, -0.25) is 0 Å². The Morgan fingerprint density at radius 2 is 1.97 bits per heavy atom. The standard InChI is InChI=1S/C20H14F4N6O2/c1-19(6-17(20(22,23)24)31-18(26)29-19)12-4-10(2-3-13(12)21)16-5-14(30-32-16)15-9-27-11(7-25)8-28-15/h2-5,8-9,17H,6H2,1H3,(H2,26,29)/t17-,19-/m0/s1. The highest BCUT2D eigenvalue weighted by molar-refractivity contribution is 5.73.